The zero-order chi connectivity index (χ0) is 14.0. The Balaban J connectivity index is 2.06. The Bertz CT molecular complexity index is 473. The molecule has 3 N–H and O–H groups in total. The van der Waals surface area contributed by atoms with E-state index in [4.69, 9.17) is 28.9 Å². The molecule has 0 heterocycles. The van der Waals surface area contributed by atoms with Gasteiger partial charge in [0.05, 0.1) is 10.0 Å². The van der Waals surface area contributed by atoms with E-state index in [-0.39, 0.29) is 27.9 Å². The van der Waals surface area contributed by atoms with Crippen LogP contribution in [0.1, 0.15) is 25.7 Å². The second-order valence-corrected chi connectivity index (χ2v) is 5.68. The van der Waals surface area contributed by atoms with Gasteiger partial charge in [-0.15, -0.1) is 0 Å². The van der Waals surface area contributed by atoms with Gasteiger partial charge in [0.25, 0.3) is 0 Å². The molecule has 1 saturated carbocycles. The summed E-state index contributed by atoms with van der Waals surface area (Å²) in [6.07, 6.45) is 3.40. The van der Waals surface area contributed by atoms with E-state index in [2.05, 4.69) is 5.32 Å². The SMILES string of the molecule is NC1CCCC(C(=O)Nc2cc(Cl)c(F)c(Cl)c2)C1. The average Bonchev–Trinajstić information content (AvgIpc) is 2.36. The van der Waals surface area contributed by atoms with Gasteiger partial charge in [-0.1, -0.05) is 29.6 Å². The first-order valence-corrected chi connectivity index (χ1v) is 6.94. The summed E-state index contributed by atoms with van der Waals surface area (Å²) in [5.74, 6) is -0.902. The van der Waals surface area contributed by atoms with E-state index in [0.717, 1.165) is 19.3 Å². The maximum Gasteiger partial charge on any atom is 0.227 e. The van der Waals surface area contributed by atoms with Crippen molar-refractivity contribution in [2.45, 2.75) is 31.7 Å². The van der Waals surface area contributed by atoms with Crippen LogP contribution >= 0.6 is 23.2 Å². The number of amides is 1. The van der Waals surface area contributed by atoms with Crippen molar-refractivity contribution in [1.82, 2.24) is 0 Å². The van der Waals surface area contributed by atoms with Gasteiger partial charge in [-0.05, 0) is 31.4 Å². The molecule has 1 amide bonds. The Morgan fingerprint density at radius 2 is 1.95 bits per heavy atom. The molecule has 6 heteroatoms. The van der Waals surface area contributed by atoms with E-state index in [1.165, 1.54) is 12.1 Å². The number of carbonyl (C=O) groups is 1. The minimum atomic E-state index is -0.680. The van der Waals surface area contributed by atoms with E-state index >= 15 is 0 Å². The highest BCUT2D eigenvalue weighted by molar-refractivity contribution is 6.35. The highest BCUT2D eigenvalue weighted by Crippen LogP contribution is 2.29. The number of carbonyl (C=O) groups excluding carboxylic acids is 1. The molecule has 1 aliphatic rings. The fourth-order valence-corrected chi connectivity index (χ4v) is 2.82. The zero-order valence-corrected chi connectivity index (χ0v) is 11.8. The normalized spacial score (nSPS) is 23.2. The second-order valence-electron chi connectivity index (χ2n) is 4.87. The highest BCUT2D eigenvalue weighted by atomic mass is 35.5. The smallest absolute Gasteiger partial charge is 0.227 e. The Morgan fingerprint density at radius 1 is 1.32 bits per heavy atom. The first kappa shape index (κ1) is 14.6. The minimum absolute atomic E-state index is 0.0740. The zero-order valence-electron chi connectivity index (χ0n) is 10.3. The first-order valence-electron chi connectivity index (χ1n) is 6.18. The van der Waals surface area contributed by atoms with Crippen LogP contribution in [-0.4, -0.2) is 11.9 Å². The number of rotatable bonds is 2. The number of benzene rings is 1. The molecule has 2 atom stereocenters. The molecule has 104 valence electrons. The van der Waals surface area contributed by atoms with Crippen LogP contribution in [-0.2, 0) is 4.79 Å². The standard InChI is InChI=1S/C13H15Cl2FN2O/c14-10-5-9(6-11(15)12(10)16)18-13(19)7-2-1-3-8(17)4-7/h5-8H,1-4,17H2,(H,18,19). The van der Waals surface area contributed by atoms with Crippen molar-refractivity contribution < 1.29 is 9.18 Å². The molecule has 1 aliphatic carbocycles. The highest BCUT2D eigenvalue weighted by Gasteiger charge is 2.25. The van der Waals surface area contributed by atoms with Crippen LogP contribution in [0, 0.1) is 11.7 Å². The molecule has 0 aliphatic heterocycles. The fraction of sp³-hybridized carbons (Fsp3) is 0.462. The topological polar surface area (TPSA) is 55.1 Å². The van der Waals surface area contributed by atoms with E-state index in [1.54, 1.807) is 0 Å². The van der Waals surface area contributed by atoms with Gasteiger partial charge in [0.2, 0.25) is 5.91 Å². The van der Waals surface area contributed by atoms with E-state index in [0.29, 0.717) is 12.1 Å². The summed E-state index contributed by atoms with van der Waals surface area (Å²) in [4.78, 5) is 12.1. The molecule has 0 aromatic heterocycles. The summed E-state index contributed by atoms with van der Waals surface area (Å²) in [6, 6.07) is 2.78. The number of anilines is 1. The summed E-state index contributed by atoms with van der Waals surface area (Å²) in [5.41, 5.74) is 6.26. The Morgan fingerprint density at radius 3 is 2.53 bits per heavy atom. The minimum Gasteiger partial charge on any atom is -0.328 e. The maximum absolute atomic E-state index is 13.3. The molecule has 2 rings (SSSR count). The van der Waals surface area contributed by atoms with Crippen LogP contribution in [0.25, 0.3) is 0 Å². The van der Waals surface area contributed by atoms with Gasteiger partial charge in [-0.25, -0.2) is 4.39 Å². The lowest BCUT2D eigenvalue weighted by Gasteiger charge is -2.25. The van der Waals surface area contributed by atoms with E-state index in [1.807, 2.05) is 0 Å². The lowest BCUT2D eigenvalue weighted by atomic mass is 9.85. The third-order valence-corrected chi connectivity index (χ3v) is 3.89. The fourth-order valence-electron chi connectivity index (χ4n) is 2.34. The Labute approximate surface area is 121 Å². The quantitative estimate of drug-likeness (QED) is 0.820. The molecule has 0 radical (unpaired) electrons. The summed E-state index contributed by atoms with van der Waals surface area (Å²) in [7, 11) is 0. The van der Waals surface area contributed by atoms with Crippen molar-refractivity contribution >= 4 is 34.8 Å². The predicted octanol–water partition coefficient (Wildman–Crippen LogP) is 3.59. The number of nitrogens with two attached hydrogens (primary N) is 1. The first-order chi connectivity index (χ1) is 8.97. The molecule has 2 unspecified atom stereocenters. The Kier molecular flexibility index (Phi) is 4.66. The van der Waals surface area contributed by atoms with E-state index in [9.17, 15) is 9.18 Å². The third-order valence-electron chi connectivity index (χ3n) is 3.34. The molecule has 1 fully saturated rings. The molecule has 19 heavy (non-hydrogen) atoms. The molecule has 1 aromatic carbocycles. The van der Waals surface area contributed by atoms with Gasteiger partial charge in [-0.3, -0.25) is 4.79 Å². The molecular weight excluding hydrogens is 290 g/mol. The molecule has 3 nitrogen and oxygen atoms in total. The summed E-state index contributed by atoms with van der Waals surface area (Å²) < 4.78 is 13.3. The number of nitrogens with one attached hydrogen (secondary N) is 1. The van der Waals surface area contributed by atoms with Crippen molar-refractivity contribution in [3.63, 3.8) is 0 Å². The van der Waals surface area contributed by atoms with Crippen LogP contribution in [0.4, 0.5) is 10.1 Å². The lowest BCUT2D eigenvalue weighted by molar-refractivity contribution is -0.120. The molecule has 0 saturated heterocycles. The van der Waals surface area contributed by atoms with E-state index < -0.39 is 5.82 Å². The largest absolute Gasteiger partial charge is 0.328 e. The van der Waals surface area contributed by atoms with Crippen LogP contribution in [0.3, 0.4) is 0 Å². The lowest BCUT2D eigenvalue weighted by Crippen LogP contribution is -2.34. The Hall–Kier alpha value is -0.840. The summed E-state index contributed by atoms with van der Waals surface area (Å²) >= 11 is 11.4. The molecular formula is C13H15Cl2FN2O. The molecule has 0 bridgehead atoms. The van der Waals surface area contributed by atoms with Crippen molar-refractivity contribution in [1.29, 1.82) is 0 Å². The van der Waals surface area contributed by atoms with Crippen molar-refractivity contribution in [2.24, 2.45) is 11.7 Å². The van der Waals surface area contributed by atoms with Crippen LogP contribution < -0.4 is 11.1 Å². The maximum atomic E-state index is 13.3. The molecule has 1 aromatic rings. The van der Waals surface area contributed by atoms with Gasteiger partial charge >= 0.3 is 0 Å². The monoisotopic (exact) mass is 304 g/mol. The van der Waals surface area contributed by atoms with Gasteiger partial charge in [0.1, 0.15) is 0 Å². The van der Waals surface area contributed by atoms with Gasteiger partial charge in [0, 0.05) is 17.6 Å². The van der Waals surface area contributed by atoms with Crippen molar-refractivity contribution in [3.8, 4) is 0 Å². The van der Waals surface area contributed by atoms with Crippen LogP contribution in [0.15, 0.2) is 12.1 Å². The second kappa shape index (κ2) is 6.07. The van der Waals surface area contributed by atoms with Gasteiger partial charge < -0.3 is 11.1 Å². The van der Waals surface area contributed by atoms with Gasteiger partial charge in [0.15, 0.2) is 5.82 Å². The van der Waals surface area contributed by atoms with Crippen molar-refractivity contribution in [2.75, 3.05) is 5.32 Å². The number of halogens is 3. The van der Waals surface area contributed by atoms with Crippen LogP contribution in [0.2, 0.25) is 10.0 Å². The van der Waals surface area contributed by atoms with Crippen molar-refractivity contribution in [3.05, 3.63) is 28.0 Å². The summed E-state index contributed by atoms with van der Waals surface area (Å²) in [5, 5.41) is 2.49. The predicted molar refractivity (Wildman–Crippen MR) is 75.0 cm³/mol. The average molecular weight is 305 g/mol. The van der Waals surface area contributed by atoms with Gasteiger partial charge in [-0.2, -0.15) is 0 Å². The molecule has 0 spiro atoms. The summed E-state index contributed by atoms with van der Waals surface area (Å²) in [6.45, 7) is 0. The number of hydrogen-bond acceptors (Lipinski definition) is 2. The number of hydrogen-bond donors (Lipinski definition) is 2. The van der Waals surface area contributed by atoms with Crippen LogP contribution in [0.5, 0.6) is 0 Å². The third kappa shape index (κ3) is 3.59.